The predicted octanol–water partition coefficient (Wildman–Crippen LogP) is 2.99. The molecule has 2 nitrogen and oxygen atoms in total. The van der Waals surface area contributed by atoms with Crippen LogP contribution in [0, 0.1) is 5.82 Å². The molecular weight excluding hydrogens is 284 g/mol. The van der Waals surface area contributed by atoms with Crippen LogP contribution in [0.3, 0.4) is 0 Å². The largest absolute Gasteiger partial charge is 0.351 e. The maximum atomic E-state index is 13.0. The average molecular weight is 295 g/mol. The average Bonchev–Trinajstić information content (AvgIpc) is 2.18. The van der Waals surface area contributed by atoms with E-state index >= 15 is 0 Å². The molecule has 1 atom stereocenters. The van der Waals surface area contributed by atoms with E-state index in [1.807, 2.05) is 6.92 Å². The van der Waals surface area contributed by atoms with Gasteiger partial charge in [-0.05, 0) is 12.1 Å². The van der Waals surface area contributed by atoms with Crippen molar-refractivity contribution in [3.63, 3.8) is 0 Å². The lowest BCUT2D eigenvalue weighted by Crippen LogP contribution is -2.28. The predicted molar refractivity (Wildman–Crippen MR) is 62.1 cm³/mol. The van der Waals surface area contributed by atoms with E-state index in [-0.39, 0.29) is 21.3 Å². The van der Waals surface area contributed by atoms with Gasteiger partial charge >= 0.3 is 0 Å². The molecule has 1 amide bonds. The zero-order valence-electron chi connectivity index (χ0n) is 8.06. The number of hydrogen-bond donors (Lipinski definition) is 1. The van der Waals surface area contributed by atoms with Gasteiger partial charge in [-0.3, -0.25) is 4.79 Å². The molecule has 1 aromatic rings. The summed E-state index contributed by atoms with van der Waals surface area (Å²) in [6.45, 7) is 2.36. The van der Waals surface area contributed by atoms with Gasteiger partial charge in [0, 0.05) is 11.4 Å². The van der Waals surface area contributed by atoms with Crippen LogP contribution in [-0.2, 0) is 0 Å². The number of carbonyl (C=O) groups is 1. The van der Waals surface area contributed by atoms with Crippen molar-refractivity contribution in [2.75, 3.05) is 6.54 Å². The van der Waals surface area contributed by atoms with Crippen LogP contribution in [0.25, 0.3) is 0 Å². The van der Waals surface area contributed by atoms with Crippen LogP contribution in [0.15, 0.2) is 18.2 Å². The molecule has 1 N–H and O–H groups in total. The number of hydrogen-bond acceptors (Lipinski definition) is 1. The van der Waals surface area contributed by atoms with Gasteiger partial charge in [0.25, 0.3) is 5.91 Å². The number of halogens is 3. The summed E-state index contributed by atoms with van der Waals surface area (Å²) < 4.78 is 13.0. The van der Waals surface area contributed by atoms with E-state index in [0.29, 0.717) is 6.54 Å². The van der Waals surface area contributed by atoms with Crippen LogP contribution in [0.5, 0.6) is 0 Å². The molecule has 0 saturated carbocycles. The highest BCUT2D eigenvalue weighted by Crippen LogP contribution is 2.19. The molecule has 0 fully saturated rings. The Bertz CT molecular complexity index is 370. The summed E-state index contributed by atoms with van der Waals surface area (Å²) in [5.74, 6) is -0.956. The zero-order chi connectivity index (χ0) is 11.4. The van der Waals surface area contributed by atoms with E-state index in [9.17, 15) is 9.18 Å². The van der Waals surface area contributed by atoms with Gasteiger partial charge in [0.15, 0.2) is 0 Å². The maximum absolute atomic E-state index is 13.0. The first-order valence-electron chi connectivity index (χ1n) is 4.38. The molecule has 0 bridgehead atoms. The summed E-state index contributed by atoms with van der Waals surface area (Å²) in [5.41, 5.74) is 0.157. The number of benzene rings is 1. The maximum Gasteiger partial charge on any atom is 0.252 e. The van der Waals surface area contributed by atoms with Crippen LogP contribution in [0.4, 0.5) is 4.39 Å². The van der Waals surface area contributed by atoms with Crippen LogP contribution in [-0.4, -0.2) is 17.3 Å². The van der Waals surface area contributed by atoms with Crippen molar-refractivity contribution in [2.24, 2.45) is 0 Å². The number of carbonyl (C=O) groups excluding carboxylic acids is 1. The fourth-order valence-corrected chi connectivity index (χ4v) is 1.38. The van der Waals surface area contributed by atoms with Crippen molar-refractivity contribution in [3.8, 4) is 0 Å². The lowest BCUT2D eigenvalue weighted by Gasteiger charge is -2.08. The van der Waals surface area contributed by atoms with Gasteiger partial charge in [-0.1, -0.05) is 40.5 Å². The van der Waals surface area contributed by atoms with E-state index < -0.39 is 5.82 Å². The van der Waals surface area contributed by atoms with Crippen molar-refractivity contribution in [1.29, 1.82) is 0 Å². The Morgan fingerprint density at radius 3 is 2.93 bits per heavy atom. The third-order valence-corrected chi connectivity index (χ3v) is 2.45. The highest BCUT2D eigenvalue weighted by molar-refractivity contribution is 9.09. The van der Waals surface area contributed by atoms with Gasteiger partial charge in [0.2, 0.25) is 0 Å². The second-order valence-electron chi connectivity index (χ2n) is 3.09. The Labute approximate surface area is 101 Å². The number of rotatable bonds is 3. The van der Waals surface area contributed by atoms with E-state index in [0.717, 1.165) is 0 Å². The molecule has 0 aliphatic carbocycles. The number of nitrogens with one attached hydrogen (secondary N) is 1. The highest BCUT2D eigenvalue weighted by Gasteiger charge is 2.13. The monoisotopic (exact) mass is 293 g/mol. The zero-order valence-corrected chi connectivity index (χ0v) is 10.4. The number of alkyl halides is 1. The van der Waals surface area contributed by atoms with Crippen molar-refractivity contribution in [3.05, 3.63) is 34.6 Å². The van der Waals surface area contributed by atoms with E-state index in [2.05, 4.69) is 21.2 Å². The molecule has 0 saturated heterocycles. The van der Waals surface area contributed by atoms with Gasteiger partial charge in [0.1, 0.15) is 5.82 Å². The first-order chi connectivity index (χ1) is 7.02. The molecule has 0 heterocycles. The molecule has 1 aromatic carbocycles. The summed E-state index contributed by atoms with van der Waals surface area (Å²) >= 11 is 8.94. The van der Waals surface area contributed by atoms with Crippen molar-refractivity contribution in [2.45, 2.75) is 11.8 Å². The second-order valence-corrected chi connectivity index (χ2v) is 5.03. The minimum Gasteiger partial charge on any atom is -0.351 e. The van der Waals surface area contributed by atoms with Crippen molar-refractivity contribution < 1.29 is 9.18 Å². The molecule has 1 unspecified atom stereocenters. The van der Waals surface area contributed by atoms with Gasteiger partial charge < -0.3 is 5.32 Å². The third kappa shape index (κ3) is 3.47. The quantitative estimate of drug-likeness (QED) is 0.853. The standard InChI is InChI=1S/C10H10BrClFNO/c1-6(11)5-14-10(15)7-3-2-4-8(13)9(7)12/h2-4,6H,5H2,1H3,(H,14,15). The molecule has 0 aromatic heterocycles. The minimum atomic E-state index is -0.587. The lowest BCUT2D eigenvalue weighted by atomic mass is 10.2. The van der Waals surface area contributed by atoms with Crippen LogP contribution in [0.2, 0.25) is 5.02 Å². The van der Waals surface area contributed by atoms with Crippen LogP contribution < -0.4 is 5.32 Å². The SMILES string of the molecule is CC(Br)CNC(=O)c1cccc(F)c1Cl. The topological polar surface area (TPSA) is 29.1 Å². The lowest BCUT2D eigenvalue weighted by molar-refractivity contribution is 0.0954. The smallest absolute Gasteiger partial charge is 0.252 e. The summed E-state index contributed by atoms with van der Waals surface area (Å²) in [6.07, 6.45) is 0. The Hall–Kier alpha value is -0.610. The summed E-state index contributed by atoms with van der Waals surface area (Å²) in [6, 6.07) is 4.15. The fraction of sp³-hybridized carbons (Fsp3) is 0.300. The van der Waals surface area contributed by atoms with Crippen molar-refractivity contribution in [1.82, 2.24) is 5.32 Å². The van der Waals surface area contributed by atoms with E-state index in [1.165, 1.54) is 18.2 Å². The third-order valence-electron chi connectivity index (χ3n) is 1.74. The Balaban J connectivity index is 2.78. The number of amides is 1. The first kappa shape index (κ1) is 12.5. The first-order valence-corrected chi connectivity index (χ1v) is 5.68. The molecule has 82 valence electrons. The van der Waals surface area contributed by atoms with Gasteiger partial charge in [-0.2, -0.15) is 0 Å². The molecular formula is C10H10BrClFNO. The molecule has 0 spiro atoms. The molecule has 0 aliphatic rings. The van der Waals surface area contributed by atoms with E-state index in [1.54, 1.807) is 0 Å². The summed E-state index contributed by atoms with van der Waals surface area (Å²) in [4.78, 5) is 11.7. The summed E-state index contributed by atoms with van der Waals surface area (Å²) in [7, 11) is 0. The molecule has 1 rings (SSSR count). The normalized spacial score (nSPS) is 12.3. The molecule has 15 heavy (non-hydrogen) atoms. The Morgan fingerprint density at radius 2 is 2.33 bits per heavy atom. The Morgan fingerprint density at radius 1 is 1.67 bits per heavy atom. The van der Waals surface area contributed by atoms with Gasteiger partial charge in [-0.25, -0.2) is 4.39 Å². The summed E-state index contributed by atoms with van der Waals surface area (Å²) in [5, 5.41) is 2.49. The van der Waals surface area contributed by atoms with Crippen LogP contribution in [0.1, 0.15) is 17.3 Å². The Kier molecular flexibility index (Phi) is 4.54. The minimum absolute atomic E-state index is 0.141. The van der Waals surface area contributed by atoms with Crippen molar-refractivity contribution >= 4 is 33.4 Å². The molecule has 5 heteroatoms. The van der Waals surface area contributed by atoms with Gasteiger partial charge in [0.05, 0.1) is 10.6 Å². The van der Waals surface area contributed by atoms with E-state index in [4.69, 9.17) is 11.6 Å². The second kappa shape index (κ2) is 5.47. The highest BCUT2D eigenvalue weighted by atomic mass is 79.9. The molecule has 0 aliphatic heterocycles. The molecule has 0 radical (unpaired) electrons. The van der Waals surface area contributed by atoms with Gasteiger partial charge in [-0.15, -0.1) is 0 Å². The van der Waals surface area contributed by atoms with Crippen LogP contribution >= 0.6 is 27.5 Å². The fourth-order valence-electron chi connectivity index (χ4n) is 1.01.